The molecule has 4 rings (SSSR count). The molecule has 0 aliphatic heterocycles. The Morgan fingerprint density at radius 1 is 0.862 bits per heavy atom. The standard InChI is InChI=1S/C25H22N2O2/c1-16-11-13-19(14-12-16)27-24(28)21-9-5-4-8-20(21)22(25(27)29)15-26-23-10-6-7-17(2)18(23)3/h4-15,29H,1-3H3. The Kier molecular flexibility index (Phi) is 4.77. The highest BCUT2D eigenvalue weighted by Crippen LogP contribution is 2.27. The fraction of sp³-hybridized carbons (Fsp3) is 0.120. The lowest BCUT2D eigenvalue weighted by Crippen LogP contribution is -2.20. The second-order valence-electron chi connectivity index (χ2n) is 7.24. The van der Waals surface area contributed by atoms with Crippen molar-refractivity contribution in [2.24, 2.45) is 4.99 Å². The van der Waals surface area contributed by atoms with Gasteiger partial charge in [0.05, 0.1) is 16.9 Å². The minimum atomic E-state index is -0.258. The van der Waals surface area contributed by atoms with Gasteiger partial charge in [-0.3, -0.25) is 9.79 Å². The van der Waals surface area contributed by atoms with Gasteiger partial charge in [0.1, 0.15) is 0 Å². The molecular weight excluding hydrogens is 360 g/mol. The van der Waals surface area contributed by atoms with Crippen molar-refractivity contribution in [1.82, 2.24) is 4.57 Å². The average Bonchev–Trinajstić information content (AvgIpc) is 2.72. The molecule has 4 heteroatoms. The number of benzene rings is 3. The van der Waals surface area contributed by atoms with E-state index in [2.05, 4.69) is 4.99 Å². The quantitative estimate of drug-likeness (QED) is 0.484. The van der Waals surface area contributed by atoms with Crippen LogP contribution in [0.15, 0.2) is 76.5 Å². The fourth-order valence-corrected chi connectivity index (χ4v) is 3.43. The molecule has 0 bridgehead atoms. The van der Waals surface area contributed by atoms with Crippen molar-refractivity contribution in [2.45, 2.75) is 20.8 Å². The van der Waals surface area contributed by atoms with Crippen molar-refractivity contribution in [1.29, 1.82) is 0 Å². The molecule has 1 aromatic heterocycles. The van der Waals surface area contributed by atoms with Gasteiger partial charge in [-0.05, 0) is 56.2 Å². The molecule has 1 N–H and O–H groups in total. The Hall–Kier alpha value is -3.66. The van der Waals surface area contributed by atoms with Gasteiger partial charge < -0.3 is 5.11 Å². The molecule has 0 spiro atoms. The molecule has 29 heavy (non-hydrogen) atoms. The number of aromatic hydroxyl groups is 1. The summed E-state index contributed by atoms with van der Waals surface area (Å²) >= 11 is 0. The lowest BCUT2D eigenvalue weighted by molar-refractivity contribution is 0.436. The van der Waals surface area contributed by atoms with Gasteiger partial charge in [0, 0.05) is 17.0 Å². The van der Waals surface area contributed by atoms with E-state index in [9.17, 15) is 9.90 Å². The summed E-state index contributed by atoms with van der Waals surface area (Å²) in [5, 5.41) is 12.3. The summed E-state index contributed by atoms with van der Waals surface area (Å²) in [7, 11) is 0. The van der Waals surface area contributed by atoms with Crippen molar-refractivity contribution in [3.8, 4) is 11.6 Å². The van der Waals surface area contributed by atoms with E-state index in [0.29, 0.717) is 22.0 Å². The number of aromatic nitrogens is 1. The number of pyridine rings is 1. The monoisotopic (exact) mass is 382 g/mol. The van der Waals surface area contributed by atoms with E-state index in [1.165, 1.54) is 4.57 Å². The number of hydrogen-bond donors (Lipinski definition) is 1. The number of fused-ring (bicyclic) bond motifs is 1. The topological polar surface area (TPSA) is 54.6 Å². The zero-order valence-electron chi connectivity index (χ0n) is 16.7. The molecule has 0 unspecified atom stereocenters. The Balaban J connectivity index is 1.98. The van der Waals surface area contributed by atoms with E-state index in [-0.39, 0.29) is 11.4 Å². The van der Waals surface area contributed by atoms with Gasteiger partial charge in [-0.1, -0.05) is 48.0 Å². The SMILES string of the molecule is Cc1ccc(-n2c(O)c(C=Nc3cccc(C)c3C)c3ccccc3c2=O)cc1. The van der Waals surface area contributed by atoms with E-state index in [1.54, 1.807) is 12.3 Å². The van der Waals surface area contributed by atoms with E-state index < -0.39 is 0 Å². The molecule has 3 aromatic carbocycles. The first-order valence-electron chi connectivity index (χ1n) is 9.51. The van der Waals surface area contributed by atoms with E-state index in [0.717, 1.165) is 22.4 Å². The second kappa shape index (κ2) is 7.40. The Bertz CT molecular complexity index is 1300. The molecular formula is C25H22N2O2. The van der Waals surface area contributed by atoms with Gasteiger partial charge in [0.25, 0.3) is 5.56 Å². The van der Waals surface area contributed by atoms with Gasteiger partial charge in [-0.25, -0.2) is 4.57 Å². The predicted octanol–water partition coefficient (Wildman–Crippen LogP) is 5.37. The number of rotatable bonds is 3. The van der Waals surface area contributed by atoms with Crippen LogP contribution in [0.1, 0.15) is 22.3 Å². The van der Waals surface area contributed by atoms with Crippen molar-refractivity contribution < 1.29 is 5.11 Å². The highest BCUT2D eigenvalue weighted by Gasteiger charge is 2.16. The summed E-state index contributed by atoms with van der Waals surface area (Å²) in [4.78, 5) is 17.7. The van der Waals surface area contributed by atoms with Gasteiger partial charge in [-0.2, -0.15) is 0 Å². The maximum absolute atomic E-state index is 13.1. The average molecular weight is 382 g/mol. The number of hydrogen-bond acceptors (Lipinski definition) is 3. The summed E-state index contributed by atoms with van der Waals surface area (Å²) in [5.41, 5.74) is 5.02. The van der Waals surface area contributed by atoms with Crippen LogP contribution >= 0.6 is 0 Å². The van der Waals surface area contributed by atoms with Crippen LogP contribution in [0.4, 0.5) is 5.69 Å². The third kappa shape index (κ3) is 3.34. The van der Waals surface area contributed by atoms with E-state index >= 15 is 0 Å². The third-order valence-electron chi connectivity index (χ3n) is 5.30. The van der Waals surface area contributed by atoms with Gasteiger partial charge >= 0.3 is 0 Å². The zero-order valence-corrected chi connectivity index (χ0v) is 16.7. The largest absolute Gasteiger partial charge is 0.494 e. The smallest absolute Gasteiger partial charge is 0.265 e. The first-order valence-corrected chi connectivity index (χ1v) is 9.51. The van der Waals surface area contributed by atoms with Gasteiger partial charge in [0.2, 0.25) is 5.88 Å². The summed E-state index contributed by atoms with van der Waals surface area (Å²) in [5.74, 6) is -0.119. The molecule has 4 aromatic rings. The number of aryl methyl sites for hydroxylation is 2. The predicted molar refractivity (Wildman–Crippen MR) is 119 cm³/mol. The molecule has 0 saturated heterocycles. The van der Waals surface area contributed by atoms with Crippen LogP contribution in [0.25, 0.3) is 16.5 Å². The maximum Gasteiger partial charge on any atom is 0.265 e. The summed E-state index contributed by atoms with van der Waals surface area (Å²) in [6.07, 6.45) is 1.64. The van der Waals surface area contributed by atoms with Crippen molar-refractivity contribution in [3.05, 3.63) is 99.3 Å². The molecule has 1 heterocycles. The zero-order chi connectivity index (χ0) is 20.5. The summed E-state index contributed by atoms with van der Waals surface area (Å²) in [6.45, 7) is 6.04. The number of nitrogens with zero attached hydrogens (tertiary/aromatic N) is 2. The van der Waals surface area contributed by atoms with Crippen LogP contribution in [-0.2, 0) is 0 Å². The lowest BCUT2D eigenvalue weighted by atomic mass is 10.1. The molecule has 0 amide bonds. The third-order valence-corrected chi connectivity index (χ3v) is 5.30. The van der Waals surface area contributed by atoms with Crippen LogP contribution in [0, 0.1) is 20.8 Å². The minimum Gasteiger partial charge on any atom is -0.494 e. The van der Waals surface area contributed by atoms with Crippen molar-refractivity contribution in [2.75, 3.05) is 0 Å². The molecule has 144 valence electrons. The minimum absolute atomic E-state index is 0.119. The molecule has 0 atom stereocenters. The highest BCUT2D eigenvalue weighted by molar-refractivity contribution is 6.02. The Morgan fingerprint density at radius 3 is 2.28 bits per heavy atom. The normalized spacial score (nSPS) is 11.4. The first-order chi connectivity index (χ1) is 14.0. The number of aliphatic imine (C=N–C) groups is 1. The van der Waals surface area contributed by atoms with Crippen LogP contribution in [-0.4, -0.2) is 15.9 Å². The molecule has 0 fully saturated rings. The molecule has 0 saturated carbocycles. The van der Waals surface area contributed by atoms with Crippen LogP contribution in [0.3, 0.4) is 0 Å². The Morgan fingerprint density at radius 2 is 1.55 bits per heavy atom. The van der Waals surface area contributed by atoms with Crippen molar-refractivity contribution in [3.63, 3.8) is 0 Å². The van der Waals surface area contributed by atoms with Crippen LogP contribution in [0.2, 0.25) is 0 Å². The van der Waals surface area contributed by atoms with Gasteiger partial charge in [0.15, 0.2) is 0 Å². The second-order valence-corrected chi connectivity index (χ2v) is 7.24. The van der Waals surface area contributed by atoms with Crippen molar-refractivity contribution >= 4 is 22.7 Å². The van der Waals surface area contributed by atoms with Gasteiger partial charge in [-0.15, -0.1) is 0 Å². The molecule has 0 aliphatic carbocycles. The maximum atomic E-state index is 13.1. The molecule has 0 aliphatic rings. The molecule has 0 radical (unpaired) electrons. The van der Waals surface area contributed by atoms with E-state index in [4.69, 9.17) is 0 Å². The fourth-order valence-electron chi connectivity index (χ4n) is 3.43. The van der Waals surface area contributed by atoms with E-state index in [1.807, 2.05) is 81.4 Å². The lowest BCUT2D eigenvalue weighted by Gasteiger charge is -2.14. The van der Waals surface area contributed by atoms with Crippen LogP contribution < -0.4 is 5.56 Å². The summed E-state index contributed by atoms with van der Waals surface area (Å²) in [6, 6.07) is 20.7. The highest BCUT2D eigenvalue weighted by atomic mass is 16.3. The first kappa shape index (κ1) is 18.7. The molecule has 4 nitrogen and oxygen atoms in total. The van der Waals surface area contributed by atoms with Crippen LogP contribution in [0.5, 0.6) is 5.88 Å². The summed E-state index contributed by atoms with van der Waals surface area (Å²) < 4.78 is 1.34. The Labute approximate surface area is 169 Å².